The molecule has 0 aliphatic carbocycles. The number of nitrogen functional groups attached to an aromatic ring is 1. The van der Waals surface area contributed by atoms with E-state index in [-0.39, 0.29) is 5.95 Å². The van der Waals surface area contributed by atoms with Crippen LogP contribution in [-0.4, -0.2) is 54.3 Å². The van der Waals surface area contributed by atoms with E-state index in [0.717, 1.165) is 56.5 Å². The zero-order valence-electron chi connectivity index (χ0n) is 14.4. The van der Waals surface area contributed by atoms with Crippen LogP contribution in [0.15, 0.2) is 24.5 Å². The molecule has 2 aliphatic rings. The minimum absolute atomic E-state index is 0.282. The highest BCUT2D eigenvalue weighted by Gasteiger charge is 2.18. The third-order valence-corrected chi connectivity index (χ3v) is 4.82. The van der Waals surface area contributed by atoms with Crippen LogP contribution in [0, 0.1) is 0 Å². The Bertz CT molecular complexity index is 672. The molecule has 7 heteroatoms. The molecule has 2 N–H and O–H groups in total. The predicted octanol–water partition coefficient (Wildman–Crippen LogP) is 1.95. The van der Waals surface area contributed by atoms with E-state index >= 15 is 0 Å². The summed E-state index contributed by atoms with van der Waals surface area (Å²) in [5.74, 6) is 1.28. The Morgan fingerprint density at radius 2 is 1.60 bits per heavy atom. The first-order valence-corrected chi connectivity index (χ1v) is 8.97. The zero-order valence-corrected chi connectivity index (χ0v) is 14.4. The number of nitrogens with zero attached hydrogens (tertiary/aromatic N) is 5. The fraction of sp³-hybridized carbons (Fsp3) is 0.500. The number of hydrogen-bond acceptors (Lipinski definition) is 7. The van der Waals surface area contributed by atoms with Crippen molar-refractivity contribution in [3.05, 3.63) is 24.5 Å². The van der Waals surface area contributed by atoms with Crippen LogP contribution in [0.5, 0.6) is 0 Å². The van der Waals surface area contributed by atoms with Crippen LogP contribution in [0.2, 0.25) is 0 Å². The smallest absolute Gasteiger partial charge is 0.219 e. The van der Waals surface area contributed by atoms with Crippen LogP contribution in [0.3, 0.4) is 0 Å². The van der Waals surface area contributed by atoms with Gasteiger partial charge < -0.3 is 20.3 Å². The molecule has 2 aromatic rings. The fourth-order valence-corrected chi connectivity index (χ4v) is 3.41. The molecule has 2 aromatic heterocycles. The molecule has 0 saturated carbocycles. The first-order valence-electron chi connectivity index (χ1n) is 8.97. The second kappa shape index (κ2) is 7.23. The maximum absolute atomic E-state index is 5.63. The monoisotopic (exact) mass is 340 g/mol. The van der Waals surface area contributed by atoms with Gasteiger partial charge in [-0.2, -0.15) is 0 Å². The summed E-state index contributed by atoms with van der Waals surface area (Å²) in [6.45, 7) is 5.43. The van der Waals surface area contributed by atoms with Gasteiger partial charge in [0.15, 0.2) is 0 Å². The molecule has 0 spiro atoms. The van der Waals surface area contributed by atoms with Crippen LogP contribution in [0.1, 0.15) is 19.3 Å². The minimum atomic E-state index is 0.282. The average Bonchev–Trinajstić information content (AvgIpc) is 2.69. The molecular weight excluding hydrogens is 316 g/mol. The molecule has 0 amide bonds. The molecule has 4 heterocycles. The lowest BCUT2D eigenvalue weighted by molar-refractivity contribution is 0.122. The number of hydrogen-bond donors (Lipinski definition) is 1. The molecule has 0 radical (unpaired) electrons. The van der Waals surface area contributed by atoms with E-state index in [0.29, 0.717) is 0 Å². The van der Waals surface area contributed by atoms with Crippen molar-refractivity contribution < 1.29 is 4.74 Å². The molecule has 0 unspecified atom stereocenters. The maximum atomic E-state index is 5.63. The van der Waals surface area contributed by atoms with Gasteiger partial charge in [-0.25, -0.2) is 15.0 Å². The number of aromatic nitrogens is 3. The van der Waals surface area contributed by atoms with E-state index in [1.807, 2.05) is 0 Å². The molecule has 2 aliphatic heterocycles. The van der Waals surface area contributed by atoms with Crippen molar-refractivity contribution in [2.24, 2.45) is 0 Å². The number of rotatable bonds is 3. The van der Waals surface area contributed by atoms with Crippen LogP contribution in [0.25, 0.3) is 11.3 Å². The summed E-state index contributed by atoms with van der Waals surface area (Å²) in [5.41, 5.74) is 8.63. The molecule has 2 saturated heterocycles. The summed E-state index contributed by atoms with van der Waals surface area (Å²) in [6.07, 6.45) is 7.29. The van der Waals surface area contributed by atoms with Crippen LogP contribution >= 0.6 is 0 Å². The second-order valence-electron chi connectivity index (χ2n) is 6.55. The van der Waals surface area contributed by atoms with E-state index in [2.05, 4.69) is 31.9 Å². The van der Waals surface area contributed by atoms with E-state index in [1.54, 1.807) is 12.4 Å². The van der Waals surface area contributed by atoms with Gasteiger partial charge in [0.2, 0.25) is 5.95 Å². The van der Waals surface area contributed by atoms with Crippen LogP contribution in [0.4, 0.5) is 17.5 Å². The van der Waals surface area contributed by atoms with Crippen molar-refractivity contribution in [3.8, 4) is 11.3 Å². The van der Waals surface area contributed by atoms with Gasteiger partial charge in [0.25, 0.3) is 0 Å². The molecule has 25 heavy (non-hydrogen) atoms. The van der Waals surface area contributed by atoms with Gasteiger partial charge in [0.05, 0.1) is 18.9 Å². The first-order chi connectivity index (χ1) is 12.3. The lowest BCUT2D eigenvalue weighted by Gasteiger charge is -2.32. The zero-order chi connectivity index (χ0) is 17.1. The molecule has 7 nitrogen and oxygen atoms in total. The standard InChI is InChI=1S/C18H24N6O/c19-18-20-12-14(13-21-18)16-10-15(23-4-2-1-3-5-23)11-17(22-16)24-6-8-25-9-7-24/h10-13H,1-9H2,(H2,19,20,21). The first kappa shape index (κ1) is 16.1. The highest BCUT2D eigenvalue weighted by Crippen LogP contribution is 2.29. The Labute approximate surface area is 147 Å². The van der Waals surface area contributed by atoms with Gasteiger partial charge in [-0.15, -0.1) is 0 Å². The topological polar surface area (TPSA) is 80.4 Å². The van der Waals surface area contributed by atoms with Crippen molar-refractivity contribution in [3.63, 3.8) is 0 Å². The lowest BCUT2D eigenvalue weighted by Crippen LogP contribution is -2.37. The molecule has 4 rings (SSSR count). The van der Waals surface area contributed by atoms with Gasteiger partial charge in [0.1, 0.15) is 5.82 Å². The Balaban J connectivity index is 1.72. The highest BCUT2D eigenvalue weighted by atomic mass is 16.5. The van der Waals surface area contributed by atoms with Crippen molar-refractivity contribution in [2.45, 2.75) is 19.3 Å². The molecular formula is C18H24N6O. The SMILES string of the molecule is Nc1ncc(-c2cc(N3CCCCC3)cc(N3CCOCC3)n2)cn1. The quantitative estimate of drug-likeness (QED) is 0.914. The van der Waals surface area contributed by atoms with Gasteiger partial charge >= 0.3 is 0 Å². The van der Waals surface area contributed by atoms with Crippen molar-refractivity contribution in [1.29, 1.82) is 0 Å². The second-order valence-corrected chi connectivity index (χ2v) is 6.55. The van der Waals surface area contributed by atoms with Crippen molar-refractivity contribution in [2.75, 3.05) is 54.9 Å². The largest absolute Gasteiger partial charge is 0.378 e. The Kier molecular flexibility index (Phi) is 4.65. The Hall–Kier alpha value is -2.41. The third kappa shape index (κ3) is 3.66. The van der Waals surface area contributed by atoms with Gasteiger partial charge in [-0.1, -0.05) is 0 Å². The summed E-state index contributed by atoms with van der Waals surface area (Å²) in [4.78, 5) is 17.9. The molecule has 2 fully saturated rings. The maximum Gasteiger partial charge on any atom is 0.219 e. The predicted molar refractivity (Wildman–Crippen MR) is 98.8 cm³/mol. The van der Waals surface area contributed by atoms with E-state index < -0.39 is 0 Å². The number of anilines is 3. The van der Waals surface area contributed by atoms with Crippen molar-refractivity contribution in [1.82, 2.24) is 15.0 Å². The number of nitrogens with two attached hydrogens (primary N) is 1. The van der Waals surface area contributed by atoms with Gasteiger partial charge in [0, 0.05) is 55.9 Å². The fourth-order valence-electron chi connectivity index (χ4n) is 3.41. The van der Waals surface area contributed by atoms with Gasteiger partial charge in [-0.3, -0.25) is 0 Å². The molecule has 0 bridgehead atoms. The van der Waals surface area contributed by atoms with E-state index in [9.17, 15) is 0 Å². The van der Waals surface area contributed by atoms with E-state index in [4.69, 9.17) is 15.5 Å². The van der Waals surface area contributed by atoms with Crippen molar-refractivity contribution >= 4 is 17.5 Å². The molecule has 132 valence electrons. The van der Waals surface area contributed by atoms with Gasteiger partial charge in [-0.05, 0) is 25.3 Å². The molecule has 0 aromatic carbocycles. The highest BCUT2D eigenvalue weighted by molar-refractivity contribution is 5.68. The molecule has 0 atom stereocenters. The Morgan fingerprint density at radius 3 is 2.32 bits per heavy atom. The average molecular weight is 340 g/mol. The van der Waals surface area contributed by atoms with E-state index in [1.165, 1.54) is 24.9 Å². The lowest BCUT2D eigenvalue weighted by atomic mass is 10.1. The minimum Gasteiger partial charge on any atom is -0.378 e. The Morgan fingerprint density at radius 1 is 0.880 bits per heavy atom. The number of morpholine rings is 1. The van der Waals surface area contributed by atoms with Crippen LogP contribution < -0.4 is 15.5 Å². The normalized spacial score (nSPS) is 18.4. The third-order valence-electron chi connectivity index (χ3n) is 4.82. The number of pyridine rings is 1. The van der Waals surface area contributed by atoms with Crippen LogP contribution in [-0.2, 0) is 4.74 Å². The summed E-state index contributed by atoms with van der Waals surface area (Å²) >= 11 is 0. The summed E-state index contributed by atoms with van der Waals surface area (Å²) in [5, 5.41) is 0. The number of piperidine rings is 1. The number of ether oxygens (including phenoxy) is 1. The summed E-state index contributed by atoms with van der Waals surface area (Å²) in [7, 11) is 0. The summed E-state index contributed by atoms with van der Waals surface area (Å²) < 4.78 is 5.48. The summed E-state index contributed by atoms with van der Waals surface area (Å²) in [6, 6.07) is 4.35.